The van der Waals surface area contributed by atoms with E-state index < -0.39 is 11.6 Å². The lowest BCUT2D eigenvalue weighted by Gasteiger charge is -2.42. The van der Waals surface area contributed by atoms with Gasteiger partial charge in [0.15, 0.2) is 0 Å². The lowest BCUT2D eigenvalue weighted by molar-refractivity contribution is -0.123. The van der Waals surface area contributed by atoms with Gasteiger partial charge in [0.2, 0.25) is 5.91 Å². The summed E-state index contributed by atoms with van der Waals surface area (Å²) in [7, 11) is 0. The van der Waals surface area contributed by atoms with E-state index in [9.17, 15) is 13.6 Å². The summed E-state index contributed by atoms with van der Waals surface area (Å²) >= 11 is 0. The summed E-state index contributed by atoms with van der Waals surface area (Å²) in [5.41, 5.74) is 6.07. The minimum absolute atomic E-state index is 0.0119. The largest absolute Gasteiger partial charge is 0.355 e. The minimum atomic E-state index is -0.578. The maximum atomic E-state index is 13.5. The summed E-state index contributed by atoms with van der Waals surface area (Å²) in [6.45, 7) is 6.26. The van der Waals surface area contributed by atoms with Gasteiger partial charge in [-0.2, -0.15) is 0 Å². The molecule has 1 atom stereocenters. The second-order valence-electron chi connectivity index (χ2n) is 6.89. The molecule has 1 aromatic carbocycles. The summed E-state index contributed by atoms with van der Waals surface area (Å²) in [5, 5.41) is 2.73. The second kappa shape index (κ2) is 7.36. The van der Waals surface area contributed by atoms with Gasteiger partial charge in [-0.3, -0.25) is 9.69 Å². The molecule has 0 bridgehead atoms. The number of nitrogens with two attached hydrogens (primary N) is 1. The van der Waals surface area contributed by atoms with Gasteiger partial charge in [0.05, 0.1) is 6.54 Å². The monoisotopic (exact) mass is 325 g/mol. The van der Waals surface area contributed by atoms with Gasteiger partial charge in [-0.25, -0.2) is 8.78 Å². The highest BCUT2D eigenvalue weighted by Gasteiger charge is 2.33. The summed E-state index contributed by atoms with van der Waals surface area (Å²) in [5.74, 6) is -1.29. The van der Waals surface area contributed by atoms with Crippen molar-refractivity contribution in [3.8, 4) is 0 Å². The predicted octanol–water partition coefficient (Wildman–Crippen LogP) is 1.68. The molecule has 1 aliphatic heterocycles. The van der Waals surface area contributed by atoms with Crippen LogP contribution in [0.25, 0.3) is 0 Å². The maximum Gasteiger partial charge on any atom is 0.234 e. The number of benzene rings is 1. The molecular weight excluding hydrogens is 300 g/mol. The quantitative estimate of drug-likeness (QED) is 0.866. The van der Waals surface area contributed by atoms with E-state index in [1.165, 1.54) is 18.2 Å². The van der Waals surface area contributed by atoms with Gasteiger partial charge in [0.25, 0.3) is 0 Å². The van der Waals surface area contributed by atoms with Gasteiger partial charge in [-0.05, 0) is 30.4 Å². The van der Waals surface area contributed by atoms with Crippen molar-refractivity contribution in [1.29, 1.82) is 0 Å². The Hall–Kier alpha value is -1.53. The molecule has 0 aliphatic carbocycles. The Morgan fingerprint density at radius 2 is 2.04 bits per heavy atom. The van der Waals surface area contributed by atoms with E-state index in [-0.39, 0.29) is 42.4 Å². The van der Waals surface area contributed by atoms with Crippen molar-refractivity contribution in [2.24, 2.45) is 11.1 Å². The first-order chi connectivity index (χ1) is 10.8. The number of carbonyl (C=O) groups excluding carboxylic acids is 1. The van der Waals surface area contributed by atoms with Gasteiger partial charge in [-0.1, -0.05) is 19.9 Å². The molecule has 128 valence electrons. The maximum absolute atomic E-state index is 13.5. The number of likely N-dealkylation sites (tertiary alicyclic amines) is 1. The summed E-state index contributed by atoms with van der Waals surface area (Å²) in [6, 6.07) is 3.92. The van der Waals surface area contributed by atoms with Crippen LogP contribution in [0.15, 0.2) is 18.2 Å². The van der Waals surface area contributed by atoms with Crippen molar-refractivity contribution in [3.05, 3.63) is 35.4 Å². The summed E-state index contributed by atoms with van der Waals surface area (Å²) in [4.78, 5) is 14.1. The fourth-order valence-corrected chi connectivity index (χ4v) is 2.98. The average molecular weight is 325 g/mol. The third kappa shape index (κ3) is 4.72. The fraction of sp³-hybridized carbons (Fsp3) is 0.588. The van der Waals surface area contributed by atoms with Crippen molar-refractivity contribution in [2.75, 3.05) is 26.2 Å². The van der Waals surface area contributed by atoms with Crippen molar-refractivity contribution in [3.63, 3.8) is 0 Å². The Bertz CT molecular complexity index is 543. The van der Waals surface area contributed by atoms with Crippen LogP contribution in [0.3, 0.4) is 0 Å². The van der Waals surface area contributed by atoms with Gasteiger partial charge >= 0.3 is 0 Å². The van der Waals surface area contributed by atoms with Crippen LogP contribution < -0.4 is 11.1 Å². The van der Waals surface area contributed by atoms with E-state index in [0.29, 0.717) is 0 Å². The van der Waals surface area contributed by atoms with Crippen LogP contribution in [0.4, 0.5) is 8.78 Å². The SMILES string of the molecule is CC1(C)CN(CC(=O)NCCc2c(F)cccc2F)CCC1N. The highest BCUT2D eigenvalue weighted by Crippen LogP contribution is 2.27. The topological polar surface area (TPSA) is 58.4 Å². The highest BCUT2D eigenvalue weighted by molar-refractivity contribution is 5.78. The van der Waals surface area contributed by atoms with Crippen molar-refractivity contribution >= 4 is 5.91 Å². The minimum Gasteiger partial charge on any atom is -0.355 e. The number of nitrogens with zero attached hydrogens (tertiary/aromatic N) is 1. The Kier molecular flexibility index (Phi) is 5.70. The zero-order valence-corrected chi connectivity index (χ0v) is 13.7. The smallest absolute Gasteiger partial charge is 0.234 e. The first kappa shape index (κ1) is 17.8. The van der Waals surface area contributed by atoms with Crippen molar-refractivity contribution in [1.82, 2.24) is 10.2 Å². The van der Waals surface area contributed by atoms with Gasteiger partial charge in [0, 0.05) is 31.2 Å². The number of nitrogens with one attached hydrogen (secondary N) is 1. The molecule has 1 fully saturated rings. The molecule has 1 amide bonds. The molecule has 6 heteroatoms. The molecule has 0 saturated carbocycles. The molecule has 0 radical (unpaired) electrons. The van der Waals surface area contributed by atoms with Gasteiger partial charge in [0.1, 0.15) is 11.6 Å². The van der Waals surface area contributed by atoms with E-state index >= 15 is 0 Å². The third-order valence-electron chi connectivity index (χ3n) is 4.52. The Labute approximate surface area is 136 Å². The van der Waals surface area contributed by atoms with E-state index in [1.807, 2.05) is 0 Å². The van der Waals surface area contributed by atoms with E-state index in [0.717, 1.165) is 19.5 Å². The van der Waals surface area contributed by atoms with Crippen molar-refractivity contribution < 1.29 is 13.6 Å². The standard InChI is InChI=1S/C17H25F2N3O/c1-17(2)11-22(9-7-15(17)20)10-16(23)21-8-6-12-13(18)4-3-5-14(12)19/h3-5,15H,6-11,20H2,1-2H3,(H,21,23). The first-order valence-electron chi connectivity index (χ1n) is 7.97. The van der Waals surface area contributed by atoms with Crippen LogP contribution in [-0.2, 0) is 11.2 Å². The zero-order valence-electron chi connectivity index (χ0n) is 13.7. The number of hydrogen-bond acceptors (Lipinski definition) is 3. The van der Waals surface area contributed by atoms with E-state index in [1.54, 1.807) is 0 Å². The molecule has 1 unspecified atom stereocenters. The van der Waals surface area contributed by atoms with Crippen molar-refractivity contribution in [2.45, 2.75) is 32.7 Å². The average Bonchev–Trinajstić information content (AvgIpc) is 2.46. The molecule has 1 saturated heterocycles. The first-order valence-corrected chi connectivity index (χ1v) is 7.97. The van der Waals surface area contributed by atoms with Crippen LogP contribution in [0.1, 0.15) is 25.8 Å². The molecule has 3 N–H and O–H groups in total. The normalized spacial score (nSPS) is 21.2. The summed E-state index contributed by atoms with van der Waals surface area (Å²) < 4.78 is 27.0. The Balaban J connectivity index is 1.78. The zero-order chi connectivity index (χ0) is 17.0. The number of hydrogen-bond donors (Lipinski definition) is 2. The number of rotatable bonds is 5. The van der Waals surface area contributed by atoms with Crippen LogP contribution in [0.2, 0.25) is 0 Å². The summed E-state index contributed by atoms with van der Waals surface area (Å²) in [6.07, 6.45) is 1.00. The number of halogens is 2. The molecule has 0 spiro atoms. The van der Waals surface area contributed by atoms with Gasteiger partial charge in [-0.15, -0.1) is 0 Å². The molecular formula is C17H25F2N3O. The molecule has 1 heterocycles. The van der Waals surface area contributed by atoms with Gasteiger partial charge < -0.3 is 11.1 Å². The second-order valence-corrected chi connectivity index (χ2v) is 6.89. The molecule has 0 aromatic heterocycles. The number of amides is 1. The molecule has 4 nitrogen and oxygen atoms in total. The third-order valence-corrected chi connectivity index (χ3v) is 4.52. The van der Waals surface area contributed by atoms with Crippen LogP contribution in [0, 0.1) is 17.0 Å². The van der Waals surface area contributed by atoms with Crippen LogP contribution in [-0.4, -0.2) is 43.0 Å². The highest BCUT2D eigenvalue weighted by atomic mass is 19.1. The molecule has 23 heavy (non-hydrogen) atoms. The fourth-order valence-electron chi connectivity index (χ4n) is 2.98. The van der Waals surface area contributed by atoms with E-state index in [4.69, 9.17) is 5.73 Å². The van der Waals surface area contributed by atoms with Crippen LogP contribution >= 0.6 is 0 Å². The number of piperidine rings is 1. The molecule has 1 aliphatic rings. The number of carbonyl (C=O) groups is 1. The lowest BCUT2D eigenvalue weighted by atomic mass is 9.80. The Morgan fingerprint density at radius 3 is 2.65 bits per heavy atom. The molecule has 2 rings (SSSR count). The van der Waals surface area contributed by atoms with E-state index in [2.05, 4.69) is 24.1 Å². The lowest BCUT2D eigenvalue weighted by Crippen LogP contribution is -2.54. The predicted molar refractivity (Wildman–Crippen MR) is 85.9 cm³/mol. The van der Waals surface area contributed by atoms with Crippen LogP contribution in [0.5, 0.6) is 0 Å². The Morgan fingerprint density at radius 1 is 1.39 bits per heavy atom. The molecule has 1 aromatic rings.